The Kier molecular flexibility index (Phi) is 33.2. The summed E-state index contributed by atoms with van der Waals surface area (Å²) in [7, 11) is -15.0. The van der Waals surface area contributed by atoms with Gasteiger partial charge in [-0.05, 0) is 253 Å². The van der Waals surface area contributed by atoms with E-state index in [1.54, 1.807) is 145 Å². The Balaban J connectivity index is 0.000000221. The largest absolute Gasteiger partial charge is 0.479 e. The summed E-state index contributed by atoms with van der Waals surface area (Å²) in [5.41, 5.74) is 7.98. The van der Waals surface area contributed by atoms with Crippen molar-refractivity contribution in [3.05, 3.63) is 298 Å². The molecular formula is C100H117Cl5FN21O13S5. The molecule has 11 heterocycles. The second-order valence-corrected chi connectivity index (χ2v) is 44.5. The van der Waals surface area contributed by atoms with Crippen molar-refractivity contribution < 1.29 is 72.0 Å². The maximum atomic E-state index is 13.5. The number of pyridine rings is 1. The number of fused-ring (bicyclic) bond motifs is 3. The van der Waals surface area contributed by atoms with Gasteiger partial charge in [0.1, 0.15) is 64.2 Å². The lowest BCUT2D eigenvalue weighted by molar-refractivity contribution is -0.140. The molecule has 5 aliphatic rings. The van der Waals surface area contributed by atoms with Crippen LogP contribution in [0.4, 0.5) is 55.3 Å². The minimum absolute atomic E-state index is 0. The second kappa shape index (κ2) is 46.1. The number of sulfonamides is 4. The predicted molar refractivity (Wildman–Crippen MR) is 580 cm³/mol. The molecule has 4 amide bonds. The molecule has 5 atom stereocenters. The summed E-state index contributed by atoms with van der Waals surface area (Å²) >= 11 is 31.6. The molecule has 0 radical (unpaired) electrons. The lowest BCUT2D eigenvalue weighted by Gasteiger charge is -2.41. The van der Waals surface area contributed by atoms with Gasteiger partial charge in [0, 0.05) is 213 Å². The Morgan fingerprint density at radius 2 is 0.917 bits per heavy atom. The van der Waals surface area contributed by atoms with E-state index in [9.17, 15) is 57.2 Å². The number of piperazine rings is 4. The van der Waals surface area contributed by atoms with Crippen LogP contribution < -0.4 is 48.1 Å². The number of aromatic nitrogens is 8. The topological polar surface area (TPSA) is 379 Å². The number of carbonyl (C=O) groups is 4. The molecule has 4 fully saturated rings. The van der Waals surface area contributed by atoms with E-state index in [0.29, 0.717) is 125 Å². The molecule has 5 aliphatic heterocycles. The number of benzene rings is 8. The standard InChI is InChI=1S/C27H29Cl2N5O3S.C25H25ClN6O3S.C25H25FN6O3S.C23H24Cl2N4O4S2.7H2/c1-19(34-12-2-3-20-17-21(28)4-9-25(20)34)27(35)33-15-13-32(14-16-33)23-5-7-24(8-6-23)38(36,37)31-22-10-11-30-26(29)18-22;1-18(32-11-9-19-2-3-20(26)16-23(19)32)25(33)31-14-12-30(13-15-31)21-4-6-22(7-5-21)36(34,35)29-24-8-10-27-17-28-24;1-18(32-11-9-19-16-20(26)2-7-23(19)32)25(33)31-14-12-30(13-15-31)21-3-5-22(6-4-21)36(34,35)29-24-8-10-27-17-28-24;1-15-14-28(17-6-8-18(9-7-17)35(31,32)27-23-26-10-13-34-23)11-12-29(15)22(30)16(2)33-20-5-3-4-19(24)21(20)25;;;;;;;/h4-11,17-19H,2-3,12-16H2,1H3,(H,30,31);2*2-11,16-18H,12-15H2,1H3,(H,27,28,29);3-10,13,15-16H,11-12,14H2,1-2H3,(H,26,27);7*1H/t19-;18-;;15-,16?;;;;;;;/m10.0......./s1. The summed E-state index contributed by atoms with van der Waals surface area (Å²) < 4.78 is 134. The second-order valence-electron chi connectivity index (χ2n) is 34.8. The zero-order valence-electron chi connectivity index (χ0n) is 79.2. The van der Waals surface area contributed by atoms with Crippen LogP contribution in [0.15, 0.2) is 281 Å². The molecule has 6 aromatic heterocycles. The molecule has 4 N–H and O–H groups in total. The third-order valence-corrected chi connectivity index (χ3v) is 33.3. The molecule has 14 aromatic rings. The van der Waals surface area contributed by atoms with Gasteiger partial charge in [-0.25, -0.2) is 68.0 Å². The van der Waals surface area contributed by atoms with Crippen LogP contribution in [0.2, 0.25) is 25.2 Å². The zero-order chi connectivity index (χ0) is 103. The minimum atomic E-state index is -3.76. The van der Waals surface area contributed by atoms with Crippen molar-refractivity contribution in [2.75, 3.05) is 148 Å². The van der Waals surface area contributed by atoms with Crippen LogP contribution >= 0.6 is 69.3 Å². The summed E-state index contributed by atoms with van der Waals surface area (Å²) in [5, 5.41) is 6.03. The van der Waals surface area contributed by atoms with E-state index < -0.39 is 52.2 Å². The molecule has 8 aromatic carbocycles. The number of aryl methyl sites for hydroxylation is 1. The van der Waals surface area contributed by atoms with E-state index in [-0.39, 0.29) is 99.0 Å². The van der Waals surface area contributed by atoms with E-state index in [4.69, 9.17) is 62.7 Å². The highest BCUT2D eigenvalue weighted by Gasteiger charge is 2.36. The van der Waals surface area contributed by atoms with Crippen molar-refractivity contribution in [1.29, 1.82) is 0 Å². The third-order valence-electron chi connectivity index (χ3n) is 25.5. The first-order valence-corrected chi connectivity index (χ1v) is 55.1. The average Bonchev–Trinajstić information content (AvgIpc) is 1.44. The Morgan fingerprint density at radius 3 is 1.41 bits per heavy atom. The molecule has 19 rings (SSSR count). The Hall–Kier alpha value is -13.2. The van der Waals surface area contributed by atoms with Crippen molar-refractivity contribution in [1.82, 2.24) is 58.6 Å². The number of nitrogens with one attached hydrogen (secondary N) is 4. The van der Waals surface area contributed by atoms with Gasteiger partial charge in [-0.3, -0.25) is 38.1 Å². The SMILES string of the molecule is CC(C(=O)N1CCN(c2ccc(S(=O)(=O)Nc3ccncn3)cc2)CC1)n1ccc2cc(F)ccc21.CC(Oc1cccc(Cl)c1Cl)C(=O)N1CCN(c2ccc(S(=O)(=O)Nc3nccs3)cc2)C[C@@H]1C.C[C@@H](C(=O)N1CCN(c2ccc(S(=O)(=O)Nc3ccncn3)cc2)CC1)n1ccc2ccc(Cl)cc21.C[C@H](C(=O)N1CCN(c2ccc(S(=O)(=O)Nc3ccnc(Cl)c3)cc2)CC1)N1CCCc2cc(Cl)ccc21.[HH].[HH].[HH].[HH].[HH].[HH].[HH]. The van der Waals surface area contributed by atoms with Gasteiger partial charge in [0.15, 0.2) is 11.2 Å². The number of halogens is 6. The highest BCUT2D eigenvalue weighted by Crippen LogP contribution is 2.37. The summed E-state index contributed by atoms with van der Waals surface area (Å²) in [6.45, 7) is 19.3. The van der Waals surface area contributed by atoms with Gasteiger partial charge >= 0.3 is 0 Å². The first kappa shape index (κ1) is 105. The molecule has 34 nitrogen and oxygen atoms in total. The summed E-state index contributed by atoms with van der Waals surface area (Å²) in [6, 6.07) is 56.6. The van der Waals surface area contributed by atoms with Crippen molar-refractivity contribution >= 4 is 206 Å². The zero-order valence-corrected chi connectivity index (χ0v) is 87.0. The number of carbonyl (C=O) groups excluding carboxylic acids is 4. The normalized spacial score (nSPS) is 16.0. The Bertz CT molecular complexity index is 7480. The first-order chi connectivity index (χ1) is 69.5. The maximum Gasteiger partial charge on any atom is 0.263 e. The van der Waals surface area contributed by atoms with Crippen LogP contribution in [-0.4, -0.2) is 239 Å². The monoisotopic (exact) mass is 2170 g/mol. The molecule has 0 aliphatic carbocycles. The van der Waals surface area contributed by atoms with E-state index in [2.05, 4.69) is 73.3 Å². The number of hydrogen-bond acceptors (Lipinski definition) is 25. The molecule has 145 heavy (non-hydrogen) atoms. The lowest BCUT2D eigenvalue weighted by atomic mass is 10.00. The van der Waals surface area contributed by atoms with Gasteiger partial charge in [-0.1, -0.05) is 70.1 Å². The number of hydrogen-bond donors (Lipinski definition) is 4. The van der Waals surface area contributed by atoms with Crippen molar-refractivity contribution in [3.8, 4) is 5.75 Å². The van der Waals surface area contributed by atoms with Gasteiger partial charge < -0.3 is 58.0 Å². The predicted octanol–water partition coefficient (Wildman–Crippen LogP) is 18.2. The number of anilines is 9. The molecule has 0 spiro atoms. The van der Waals surface area contributed by atoms with Gasteiger partial charge in [0.05, 0.1) is 35.8 Å². The maximum absolute atomic E-state index is 13.5. The number of ether oxygens (including phenoxy) is 1. The van der Waals surface area contributed by atoms with Gasteiger partial charge in [0.2, 0.25) is 17.7 Å². The van der Waals surface area contributed by atoms with Crippen LogP contribution in [0, 0.1) is 5.82 Å². The quantitative estimate of drug-likeness (QED) is 0.0386. The molecular weight excluding hydrogens is 2060 g/mol. The highest BCUT2D eigenvalue weighted by atomic mass is 35.5. The Labute approximate surface area is 879 Å². The summed E-state index contributed by atoms with van der Waals surface area (Å²) in [6.07, 6.45) is 13.4. The van der Waals surface area contributed by atoms with Crippen LogP contribution in [0.3, 0.4) is 0 Å². The molecule has 0 saturated carbocycles. The minimum Gasteiger partial charge on any atom is -0.479 e. The van der Waals surface area contributed by atoms with Gasteiger partial charge in [-0.2, -0.15) is 0 Å². The fourth-order valence-corrected chi connectivity index (χ4v) is 23.5. The van der Waals surface area contributed by atoms with Crippen LogP contribution in [0.1, 0.15) is 68.7 Å². The third kappa shape index (κ3) is 25.5. The number of rotatable bonds is 25. The number of nitrogens with zero attached hydrogens (tertiary/aromatic N) is 17. The van der Waals surface area contributed by atoms with E-state index in [1.807, 2.05) is 112 Å². The van der Waals surface area contributed by atoms with Crippen LogP contribution in [-0.2, 0) is 65.7 Å². The fourth-order valence-electron chi connectivity index (χ4n) is 17.8. The van der Waals surface area contributed by atoms with Crippen molar-refractivity contribution in [2.24, 2.45) is 0 Å². The average molecular weight is 2180 g/mol. The van der Waals surface area contributed by atoms with E-state index in [0.717, 1.165) is 74.7 Å². The molecule has 4 saturated heterocycles. The molecule has 0 bridgehead atoms. The molecule has 772 valence electrons. The fraction of sp³-hybridized carbons (Fsp3) is 0.280. The van der Waals surface area contributed by atoms with Crippen molar-refractivity contribution in [3.63, 3.8) is 0 Å². The summed E-state index contributed by atoms with van der Waals surface area (Å²) in [5.74, 6) is 0.523. The smallest absolute Gasteiger partial charge is 0.263 e. The van der Waals surface area contributed by atoms with E-state index in [1.165, 1.54) is 84.7 Å². The van der Waals surface area contributed by atoms with Crippen molar-refractivity contribution in [2.45, 2.75) is 97.3 Å². The lowest BCUT2D eigenvalue weighted by Crippen LogP contribution is -2.56. The summed E-state index contributed by atoms with van der Waals surface area (Å²) in [4.78, 5) is 94.8. The highest BCUT2D eigenvalue weighted by molar-refractivity contribution is 7.93. The van der Waals surface area contributed by atoms with Gasteiger partial charge in [0.25, 0.3) is 46.0 Å². The molecule has 45 heteroatoms. The van der Waals surface area contributed by atoms with Crippen LogP contribution in [0.25, 0.3) is 21.8 Å². The number of amides is 4. The van der Waals surface area contributed by atoms with Gasteiger partial charge in [-0.15, -0.1) is 11.3 Å². The number of thiazole rings is 1. The van der Waals surface area contributed by atoms with E-state index >= 15 is 0 Å². The molecule has 2 unspecified atom stereocenters. The first-order valence-electron chi connectivity index (χ1n) is 46.4. The van der Waals surface area contributed by atoms with Crippen LogP contribution in [0.5, 0.6) is 5.75 Å². The Morgan fingerprint density at radius 1 is 0.441 bits per heavy atom.